The SMILES string of the molecule is CNC1CCC(C)CC1S(=O)c1ccc(C(C)(C)C)cc1. The van der Waals surface area contributed by atoms with E-state index in [0.29, 0.717) is 12.0 Å². The van der Waals surface area contributed by atoms with Gasteiger partial charge in [-0.1, -0.05) is 39.8 Å². The summed E-state index contributed by atoms with van der Waals surface area (Å²) in [6.45, 7) is 8.90. The zero-order valence-electron chi connectivity index (χ0n) is 14.0. The molecule has 1 N–H and O–H groups in total. The summed E-state index contributed by atoms with van der Waals surface area (Å²) in [6.07, 6.45) is 3.43. The van der Waals surface area contributed by atoms with Crippen LogP contribution in [0.5, 0.6) is 0 Å². The van der Waals surface area contributed by atoms with Gasteiger partial charge in [0.2, 0.25) is 0 Å². The molecule has 118 valence electrons. The molecule has 0 aliphatic heterocycles. The van der Waals surface area contributed by atoms with Crippen LogP contribution in [0.25, 0.3) is 0 Å². The lowest BCUT2D eigenvalue weighted by atomic mass is 9.87. The van der Waals surface area contributed by atoms with Gasteiger partial charge in [0.25, 0.3) is 0 Å². The minimum absolute atomic E-state index is 0.146. The van der Waals surface area contributed by atoms with E-state index in [0.717, 1.165) is 17.7 Å². The largest absolute Gasteiger partial charge is 0.316 e. The van der Waals surface area contributed by atoms with Crippen molar-refractivity contribution in [3.63, 3.8) is 0 Å². The Morgan fingerprint density at radius 1 is 1.14 bits per heavy atom. The van der Waals surface area contributed by atoms with Gasteiger partial charge in [-0.25, -0.2) is 0 Å². The number of benzene rings is 1. The second-order valence-electron chi connectivity index (χ2n) is 7.42. The Bertz CT molecular complexity index is 489. The second kappa shape index (κ2) is 6.62. The Kier molecular flexibility index (Phi) is 5.26. The standard InChI is InChI=1S/C18H29NOS/c1-13-6-11-16(19-5)17(12-13)21(20)15-9-7-14(8-10-15)18(2,3)4/h7-10,13,16-17,19H,6,11-12H2,1-5H3. The predicted molar refractivity (Wildman–Crippen MR) is 91.2 cm³/mol. The molecular weight excluding hydrogens is 278 g/mol. The molecule has 1 aliphatic rings. The third kappa shape index (κ3) is 3.95. The Labute approximate surface area is 132 Å². The third-order valence-electron chi connectivity index (χ3n) is 4.65. The summed E-state index contributed by atoms with van der Waals surface area (Å²) in [5.74, 6) is 0.678. The van der Waals surface area contributed by atoms with Crippen molar-refractivity contribution in [2.75, 3.05) is 7.05 Å². The summed E-state index contributed by atoms with van der Waals surface area (Å²) in [4.78, 5) is 0.974. The van der Waals surface area contributed by atoms with E-state index < -0.39 is 10.8 Å². The molecule has 1 aromatic carbocycles. The first-order valence-electron chi connectivity index (χ1n) is 8.01. The highest BCUT2D eigenvalue weighted by Crippen LogP contribution is 2.31. The van der Waals surface area contributed by atoms with Gasteiger partial charge in [-0.3, -0.25) is 4.21 Å². The van der Waals surface area contributed by atoms with Crippen LogP contribution in [0.15, 0.2) is 29.2 Å². The van der Waals surface area contributed by atoms with Crippen molar-refractivity contribution in [2.45, 2.75) is 68.6 Å². The molecule has 0 saturated heterocycles. The predicted octanol–water partition coefficient (Wildman–Crippen LogP) is 3.87. The van der Waals surface area contributed by atoms with Crippen LogP contribution in [0.4, 0.5) is 0 Å². The Hall–Kier alpha value is -0.670. The quantitative estimate of drug-likeness (QED) is 0.918. The van der Waals surface area contributed by atoms with Crippen LogP contribution in [0.1, 0.15) is 52.5 Å². The molecule has 1 saturated carbocycles. The molecule has 1 aliphatic carbocycles. The maximum absolute atomic E-state index is 12.9. The summed E-state index contributed by atoms with van der Waals surface area (Å²) in [6, 6.07) is 8.76. The monoisotopic (exact) mass is 307 g/mol. The van der Waals surface area contributed by atoms with E-state index in [2.05, 4.69) is 57.3 Å². The smallest absolute Gasteiger partial charge is 0.0576 e. The highest BCUT2D eigenvalue weighted by molar-refractivity contribution is 7.85. The molecule has 0 amide bonds. The fraction of sp³-hybridized carbons (Fsp3) is 0.667. The first kappa shape index (κ1) is 16.7. The van der Waals surface area contributed by atoms with Crippen molar-refractivity contribution in [1.29, 1.82) is 0 Å². The average molecular weight is 308 g/mol. The first-order chi connectivity index (χ1) is 9.82. The maximum Gasteiger partial charge on any atom is 0.0576 e. The molecule has 0 bridgehead atoms. The van der Waals surface area contributed by atoms with Crippen molar-refractivity contribution in [3.05, 3.63) is 29.8 Å². The van der Waals surface area contributed by atoms with E-state index >= 15 is 0 Å². The van der Waals surface area contributed by atoms with E-state index in [1.165, 1.54) is 12.0 Å². The molecule has 0 spiro atoms. The first-order valence-corrected chi connectivity index (χ1v) is 9.22. The normalized spacial score (nSPS) is 28.3. The summed E-state index contributed by atoms with van der Waals surface area (Å²) in [5.41, 5.74) is 1.44. The molecule has 4 unspecified atom stereocenters. The van der Waals surface area contributed by atoms with E-state index in [1.807, 2.05) is 7.05 Å². The van der Waals surface area contributed by atoms with E-state index in [4.69, 9.17) is 0 Å². The lowest BCUT2D eigenvalue weighted by Gasteiger charge is -2.34. The molecule has 0 heterocycles. The lowest BCUT2D eigenvalue weighted by Crippen LogP contribution is -2.44. The summed E-state index contributed by atoms with van der Waals surface area (Å²) in [7, 11) is 1.08. The number of hydrogen-bond donors (Lipinski definition) is 1. The van der Waals surface area contributed by atoms with E-state index in [1.54, 1.807) is 0 Å². The molecule has 0 radical (unpaired) electrons. The topological polar surface area (TPSA) is 29.1 Å². The molecule has 4 atom stereocenters. The van der Waals surface area contributed by atoms with Gasteiger partial charge in [0.15, 0.2) is 0 Å². The van der Waals surface area contributed by atoms with Gasteiger partial charge in [0, 0.05) is 10.9 Å². The zero-order chi connectivity index (χ0) is 15.6. The summed E-state index contributed by atoms with van der Waals surface area (Å²) in [5, 5.41) is 3.60. The average Bonchev–Trinajstić information content (AvgIpc) is 2.45. The summed E-state index contributed by atoms with van der Waals surface area (Å²) >= 11 is 0. The minimum Gasteiger partial charge on any atom is -0.316 e. The summed E-state index contributed by atoms with van der Waals surface area (Å²) < 4.78 is 12.9. The molecule has 2 nitrogen and oxygen atoms in total. The van der Waals surface area contributed by atoms with Crippen LogP contribution < -0.4 is 5.32 Å². The second-order valence-corrected chi connectivity index (χ2v) is 9.10. The Morgan fingerprint density at radius 3 is 2.29 bits per heavy atom. The minimum atomic E-state index is -0.918. The van der Waals surface area contributed by atoms with Gasteiger partial charge in [0.1, 0.15) is 0 Å². The van der Waals surface area contributed by atoms with Crippen LogP contribution in [-0.4, -0.2) is 22.5 Å². The van der Waals surface area contributed by atoms with Crippen molar-refractivity contribution in [3.8, 4) is 0 Å². The van der Waals surface area contributed by atoms with Crippen LogP contribution >= 0.6 is 0 Å². The molecule has 1 aromatic rings. The van der Waals surface area contributed by atoms with Crippen molar-refractivity contribution in [1.82, 2.24) is 5.32 Å². The van der Waals surface area contributed by atoms with Gasteiger partial charge in [-0.15, -0.1) is 0 Å². The molecule has 21 heavy (non-hydrogen) atoms. The van der Waals surface area contributed by atoms with Crippen molar-refractivity contribution in [2.24, 2.45) is 5.92 Å². The van der Waals surface area contributed by atoms with Crippen LogP contribution in [0, 0.1) is 5.92 Å². The number of hydrogen-bond acceptors (Lipinski definition) is 2. The van der Waals surface area contributed by atoms with E-state index in [9.17, 15) is 4.21 Å². The van der Waals surface area contributed by atoms with Gasteiger partial charge in [-0.05, 0) is 55.3 Å². The fourth-order valence-electron chi connectivity index (χ4n) is 3.16. The van der Waals surface area contributed by atoms with E-state index in [-0.39, 0.29) is 10.7 Å². The highest BCUT2D eigenvalue weighted by atomic mass is 32.2. The fourth-order valence-corrected chi connectivity index (χ4v) is 4.99. The van der Waals surface area contributed by atoms with Crippen LogP contribution in [0.2, 0.25) is 0 Å². The molecule has 2 rings (SSSR count). The van der Waals surface area contributed by atoms with Gasteiger partial charge < -0.3 is 5.32 Å². The van der Waals surface area contributed by atoms with Gasteiger partial charge in [-0.2, -0.15) is 0 Å². The highest BCUT2D eigenvalue weighted by Gasteiger charge is 2.32. The molecule has 1 fully saturated rings. The molecule has 0 aromatic heterocycles. The van der Waals surface area contributed by atoms with Crippen LogP contribution in [-0.2, 0) is 16.2 Å². The molecule has 3 heteroatoms. The van der Waals surface area contributed by atoms with Gasteiger partial charge >= 0.3 is 0 Å². The molecular formula is C18H29NOS. The van der Waals surface area contributed by atoms with Crippen LogP contribution in [0.3, 0.4) is 0 Å². The Morgan fingerprint density at radius 2 is 1.76 bits per heavy atom. The maximum atomic E-state index is 12.9. The van der Waals surface area contributed by atoms with Crippen molar-refractivity contribution < 1.29 is 4.21 Å². The van der Waals surface area contributed by atoms with Gasteiger partial charge in [0.05, 0.1) is 16.0 Å². The number of rotatable bonds is 3. The lowest BCUT2D eigenvalue weighted by molar-refractivity contribution is 0.325. The number of nitrogens with one attached hydrogen (secondary N) is 1. The zero-order valence-corrected chi connectivity index (χ0v) is 14.8. The third-order valence-corrected chi connectivity index (χ3v) is 6.46. The van der Waals surface area contributed by atoms with Crippen molar-refractivity contribution >= 4 is 10.8 Å². The Balaban J connectivity index is 2.18.